The molecular formula is C29H30FNO4. The van der Waals surface area contributed by atoms with Crippen LogP contribution in [0.2, 0.25) is 0 Å². The summed E-state index contributed by atoms with van der Waals surface area (Å²) in [5.74, 6) is 1.21. The van der Waals surface area contributed by atoms with Crippen LogP contribution in [0.25, 0.3) is 11.1 Å². The van der Waals surface area contributed by atoms with Crippen molar-refractivity contribution in [3.8, 4) is 23.0 Å². The van der Waals surface area contributed by atoms with E-state index in [1.807, 2.05) is 31.2 Å². The molecule has 0 bridgehead atoms. The van der Waals surface area contributed by atoms with Crippen LogP contribution in [-0.4, -0.2) is 41.4 Å². The molecule has 2 aliphatic rings. The van der Waals surface area contributed by atoms with Crippen LogP contribution < -0.4 is 9.47 Å². The molecule has 1 atom stereocenters. The minimum absolute atomic E-state index is 0.116. The zero-order valence-electron chi connectivity index (χ0n) is 20.0. The molecule has 0 radical (unpaired) electrons. The Kier molecular flexibility index (Phi) is 6.39. The lowest BCUT2D eigenvalue weighted by Gasteiger charge is -2.38. The largest absolute Gasteiger partial charge is 0.508 e. The lowest BCUT2D eigenvalue weighted by atomic mass is 9.86. The van der Waals surface area contributed by atoms with E-state index in [0.717, 1.165) is 53.6 Å². The Bertz CT molecular complexity index is 1250. The number of halogens is 1. The van der Waals surface area contributed by atoms with Gasteiger partial charge in [-0.25, -0.2) is 4.39 Å². The molecule has 0 saturated carbocycles. The van der Waals surface area contributed by atoms with Gasteiger partial charge in [0.2, 0.25) is 0 Å². The normalized spacial score (nSPS) is 18.1. The summed E-state index contributed by atoms with van der Waals surface area (Å²) < 4.78 is 26.6. The summed E-state index contributed by atoms with van der Waals surface area (Å²) in [5.41, 5.74) is 4.06. The first-order chi connectivity index (χ1) is 16.9. The third-order valence-electron chi connectivity index (χ3n) is 7.01. The fourth-order valence-electron chi connectivity index (χ4n) is 4.87. The van der Waals surface area contributed by atoms with Crippen molar-refractivity contribution >= 4 is 11.1 Å². The Morgan fingerprint density at radius 2 is 1.80 bits per heavy atom. The fourth-order valence-corrected chi connectivity index (χ4v) is 4.87. The van der Waals surface area contributed by atoms with E-state index in [0.29, 0.717) is 17.9 Å². The molecule has 5 nitrogen and oxygen atoms in total. The van der Waals surface area contributed by atoms with Gasteiger partial charge in [-0.2, -0.15) is 0 Å². The summed E-state index contributed by atoms with van der Waals surface area (Å²) in [4.78, 5) is 2.40. The first kappa shape index (κ1) is 23.2. The van der Waals surface area contributed by atoms with Gasteiger partial charge in [0.05, 0.1) is 0 Å². The van der Waals surface area contributed by atoms with E-state index < -0.39 is 17.7 Å². The smallest absolute Gasteiger partial charge is 0.165 e. The molecule has 1 saturated heterocycles. The maximum atomic E-state index is 14.3. The summed E-state index contributed by atoms with van der Waals surface area (Å²) in [6.07, 6.45) is 0.716. The molecule has 35 heavy (non-hydrogen) atoms. The number of likely N-dealkylation sites (tertiary alicyclic amines) is 1. The van der Waals surface area contributed by atoms with Gasteiger partial charge in [-0.3, -0.25) is 4.90 Å². The highest BCUT2D eigenvalue weighted by Gasteiger charge is 2.30. The predicted octanol–water partition coefficient (Wildman–Crippen LogP) is 6.02. The number of allylic oxidation sites excluding steroid dienone is 1. The summed E-state index contributed by atoms with van der Waals surface area (Å²) in [6.45, 7) is 8.06. The number of benzene rings is 3. The number of fused-ring (bicyclic) bond motifs is 1. The van der Waals surface area contributed by atoms with Crippen LogP contribution in [0.3, 0.4) is 0 Å². The molecule has 1 fully saturated rings. The Balaban J connectivity index is 1.40. The van der Waals surface area contributed by atoms with E-state index >= 15 is 0 Å². The number of hydrogen-bond donors (Lipinski definition) is 2. The van der Waals surface area contributed by atoms with Crippen molar-refractivity contribution in [2.45, 2.75) is 26.4 Å². The number of phenolic OH excluding ortho intramolecular Hbond substituents is 2. The van der Waals surface area contributed by atoms with Crippen LogP contribution in [0.4, 0.5) is 4.39 Å². The van der Waals surface area contributed by atoms with Crippen molar-refractivity contribution in [1.29, 1.82) is 0 Å². The zero-order chi connectivity index (χ0) is 24.5. The van der Waals surface area contributed by atoms with Gasteiger partial charge in [-0.05, 0) is 65.9 Å². The van der Waals surface area contributed by atoms with Crippen LogP contribution in [0.1, 0.15) is 43.1 Å². The van der Waals surface area contributed by atoms with E-state index in [1.54, 1.807) is 24.3 Å². The van der Waals surface area contributed by atoms with Crippen LogP contribution in [-0.2, 0) is 0 Å². The minimum Gasteiger partial charge on any atom is -0.508 e. The standard InChI is InChI=1S/C29H30FNO4/c1-3-19-16-31(17-19)12-13-34-23-8-4-20(5-9-23)29-28(21-6-11-26(33)25(30)14-21)18(2)24-10-7-22(32)15-27(24)35-29/h4-11,14-15,19,29,32-33H,3,12-13,16-17H2,1-2H3. The Labute approximate surface area is 205 Å². The topological polar surface area (TPSA) is 62.2 Å². The van der Waals surface area contributed by atoms with Gasteiger partial charge in [0.1, 0.15) is 30.0 Å². The van der Waals surface area contributed by atoms with Crippen molar-refractivity contribution in [3.63, 3.8) is 0 Å². The first-order valence-corrected chi connectivity index (χ1v) is 12.1. The first-order valence-electron chi connectivity index (χ1n) is 12.1. The summed E-state index contributed by atoms with van der Waals surface area (Å²) in [6, 6.07) is 17.1. The maximum absolute atomic E-state index is 14.3. The summed E-state index contributed by atoms with van der Waals surface area (Å²) >= 11 is 0. The van der Waals surface area contributed by atoms with E-state index in [1.165, 1.54) is 18.6 Å². The summed E-state index contributed by atoms with van der Waals surface area (Å²) in [5, 5.41) is 19.7. The molecule has 182 valence electrons. The van der Waals surface area contributed by atoms with Crippen molar-refractivity contribution in [1.82, 2.24) is 4.90 Å². The number of aromatic hydroxyl groups is 2. The maximum Gasteiger partial charge on any atom is 0.165 e. The zero-order valence-corrected chi connectivity index (χ0v) is 20.0. The third-order valence-corrected chi connectivity index (χ3v) is 7.01. The molecule has 2 heterocycles. The molecule has 0 amide bonds. The van der Waals surface area contributed by atoms with E-state index in [-0.39, 0.29) is 5.75 Å². The second-order valence-corrected chi connectivity index (χ2v) is 9.33. The van der Waals surface area contributed by atoms with Crippen molar-refractivity contribution in [2.75, 3.05) is 26.2 Å². The summed E-state index contributed by atoms with van der Waals surface area (Å²) in [7, 11) is 0. The highest BCUT2D eigenvalue weighted by atomic mass is 19.1. The average Bonchev–Trinajstić information content (AvgIpc) is 2.82. The second kappa shape index (κ2) is 9.62. The van der Waals surface area contributed by atoms with Crippen LogP contribution >= 0.6 is 0 Å². The van der Waals surface area contributed by atoms with Gasteiger partial charge in [0.25, 0.3) is 0 Å². The number of nitrogens with zero attached hydrogens (tertiary/aromatic N) is 1. The molecule has 6 heteroatoms. The lowest BCUT2D eigenvalue weighted by Crippen LogP contribution is -2.47. The SMILES string of the molecule is CCC1CN(CCOc2ccc(C3Oc4cc(O)ccc4C(C)=C3c3ccc(O)c(F)c3)cc2)C1. The minimum atomic E-state index is -0.686. The van der Waals surface area contributed by atoms with Crippen LogP contribution in [0.5, 0.6) is 23.0 Å². The Hall–Kier alpha value is -3.51. The van der Waals surface area contributed by atoms with Crippen LogP contribution in [0.15, 0.2) is 60.7 Å². The third kappa shape index (κ3) is 4.71. The van der Waals surface area contributed by atoms with Gasteiger partial charge >= 0.3 is 0 Å². The van der Waals surface area contributed by atoms with E-state index in [9.17, 15) is 14.6 Å². The van der Waals surface area contributed by atoms with Crippen molar-refractivity contribution in [2.24, 2.45) is 5.92 Å². The Morgan fingerprint density at radius 3 is 2.51 bits per heavy atom. The number of rotatable bonds is 7. The van der Waals surface area contributed by atoms with Gasteiger partial charge in [0.15, 0.2) is 11.6 Å². The fraction of sp³-hybridized carbons (Fsp3) is 0.310. The second-order valence-electron chi connectivity index (χ2n) is 9.33. The highest BCUT2D eigenvalue weighted by molar-refractivity contribution is 5.95. The molecule has 1 unspecified atom stereocenters. The van der Waals surface area contributed by atoms with Gasteiger partial charge < -0.3 is 19.7 Å². The van der Waals surface area contributed by atoms with E-state index in [4.69, 9.17) is 9.47 Å². The molecule has 5 rings (SSSR count). The van der Waals surface area contributed by atoms with Gasteiger partial charge in [-0.1, -0.05) is 31.5 Å². The van der Waals surface area contributed by atoms with Crippen molar-refractivity contribution in [3.05, 3.63) is 83.2 Å². The molecule has 2 aliphatic heterocycles. The van der Waals surface area contributed by atoms with Gasteiger partial charge in [0, 0.05) is 36.8 Å². The monoisotopic (exact) mass is 475 g/mol. The highest BCUT2D eigenvalue weighted by Crippen LogP contribution is 2.47. The molecule has 0 aliphatic carbocycles. The molecule has 0 spiro atoms. The molecule has 0 aromatic heterocycles. The van der Waals surface area contributed by atoms with Crippen molar-refractivity contribution < 1.29 is 24.1 Å². The lowest BCUT2D eigenvalue weighted by molar-refractivity contribution is 0.0806. The number of ether oxygens (including phenoxy) is 2. The van der Waals surface area contributed by atoms with E-state index in [2.05, 4.69) is 11.8 Å². The van der Waals surface area contributed by atoms with Gasteiger partial charge in [-0.15, -0.1) is 0 Å². The number of hydrogen-bond acceptors (Lipinski definition) is 5. The molecular weight excluding hydrogens is 445 g/mol. The quantitative estimate of drug-likeness (QED) is 0.437. The Morgan fingerprint density at radius 1 is 1.03 bits per heavy atom. The molecule has 2 N–H and O–H groups in total. The predicted molar refractivity (Wildman–Crippen MR) is 134 cm³/mol. The molecule has 3 aromatic rings. The average molecular weight is 476 g/mol. The number of phenols is 2. The molecule has 3 aromatic carbocycles. The van der Waals surface area contributed by atoms with Crippen LogP contribution in [0, 0.1) is 11.7 Å².